The first-order valence-corrected chi connectivity index (χ1v) is 10.7. The molecule has 0 bridgehead atoms. The third-order valence-electron chi connectivity index (χ3n) is 5.51. The van der Waals surface area contributed by atoms with Crippen LogP contribution in [0.15, 0.2) is 76.3 Å². The Morgan fingerprint density at radius 3 is 2.44 bits per heavy atom. The van der Waals surface area contributed by atoms with Crippen molar-refractivity contribution >= 4 is 22.5 Å². The highest BCUT2D eigenvalue weighted by Gasteiger charge is 2.17. The fourth-order valence-corrected chi connectivity index (χ4v) is 3.90. The number of para-hydroxylation sites is 1. The SMILES string of the molecule is O=C(Cn1c(=O)n(Cc2ccc(F)cc2)c(=O)c2ccccc21)Nc1ccc2c(c1)OCCO2. The molecule has 0 saturated carbocycles. The molecule has 3 aromatic carbocycles. The summed E-state index contributed by atoms with van der Waals surface area (Å²) in [6.07, 6.45) is 0. The van der Waals surface area contributed by atoms with Crippen molar-refractivity contribution in [3.8, 4) is 11.5 Å². The standard InChI is InChI=1S/C25H20FN3O5/c26-17-7-5-16(6-8-17)14-29-24(31)19-3-1-2-4-20(19)28(25(29)32)15-23(30)27-18-9-10-21-22(13-18)34-12-11-33-21/h1-10,13H,11-12,14-15H2,(H,27,30). The van der Waals surface area contributed by atoms with Crippen LogP contribution in [0.4, 0.5) is 10.1 Å². The first-order valence-electron chi connectivity index (χ1n) is 10.7. The zero-order chi connectivity index (χ0) is 23.7. The summed E-state index contributed by atoms with van der Waals surface area (Å²) in [7, 11) is 0. The van der Waals surface area contributed by atoms with Gasteiger partial charge in [0.2, 0.25) is 5.91 Å². The van der Waals surface area contributed by atoms with Crippen molar-refractivity contribution in [1.29, 1.82) is 0 Å². The lowest BCUT2D eigenvalue weighted by Crippen LogP contribution is -2.42. The molecule has 5 rings (SSSR count). The largest absolute Gasteiger partial charge is 0.486 e. The molecular formula is C25H20FN3O5. The van der Waals surface area contributed by atoms with Gasteiger partial charge in [0.05, 0.1) is 17.4 Å². The predicted octanol–water partition coefficient (Wildman–Crippen LogP) is 2.76. The maximum Gasteiger partial charge on any atom is 0.332 e. The molecule has 1 aliphatic heterocycles. The van der Waals surface area contributed by atoms with E-state index in [0.717, 1.165) is 4.57 Å². The van der Waals surface area contributed by atoms with Crippen LogP contribution in [0, 0.1) is 5.82 Å². The van der Waals surface area contributed by atoms with E-state index in [0.29, 0.717) is 46.9 Å². The van der Waals surface area contributed by atoms with E-state index in [1.54, 1.807) is 42.5 Å². The van der Waals surface area contributed by atoms with Crippen LogP contribution < -0.4 is 26.0 Å². The highest BCUT2D eigenvalue weighted by Crippen LogP contribution is 2.32. The highest BCUT2D eigenvalue weighted by molar-refractivity contribution is 5.92. The van der Waals surface area contributed by atoms with Gasteiger partial charge < -0.3 is 14.8 Å². The zero-order valence-electron chi connectivity index (χ0n) is 18.0. The monoisotopic (exact) mass is 461 g/mol. The Bertz CT molecular complexity index is 1510. The Balaban J connectivity index is 1.48. The Labute approximate surface area is 192 Å². The van der Waals surface area contributed by atoms with Gasteiger partial charge in [-0.2, -0.15) is 0 Å². The average molecular weight is 461 g/mol. The van der Waals surface area contributed by atoms with E-state index in [-0.39, 0.29) is 13.1 Å². The summed E-state index contributed by atoms with van der Waals surface area (Å²) in [4.78, 5) is 39.2. The van der Waals surface area contributed by atoms with Crippen molar-refractivity contribution in [3.63, 3.8) is 0 Å². The molecule has 1 aliphatic rings. The Kier molecular flexibility index (Phi) is 5.59. The second-order valence-corrected chi connectivity index (χ2v) is 7.81. The Hall–Kier alpha value is -4.40. The molecule has 0 saturated heterocycles. The van der Waals surface area contributed by atoms with E-state index in [1.165, 1.54) is 28.8 Å². The van der Waals surface area contributed by atoms with Crippen LogP contribution in [0.25, 0.3) is 10.9 Å². The lowest BCUT2D eigenvalue weighted by molar-refractivity contribution is -0.116. The van der Waals surface area contributed by atoms with Crippen molar-refractivity contribution < 1.29 is 18.7 Å². The number of rotatable bonds is 5. The molecule has 0 unspecified atom stereocenters. The maximum atomic E-state index is 13.3. The molecule has 0 spiro atoms. The highest BCUT2D eigenvalue weighted by atomic mass is 19.1. The molecule has 4 aromatic rings. The summed E-state index contributed by atoms with van der Waals surface area (Å²) < 4.78 is 26.6. The number of carbonyl (C=O) groups is 1. The predicted molar refractivity (Wildman–Crippen MR) is 124 cm³/mol. The van der Waals surface area contributed by atoms with Crippen molar-refractivity contribution in [2.45, 2.75) is 13.1 Å². The number of nitrogens with one attached hydrogen (secondary N) is 1. The molecule has 2 heterocycles. The number of hydrogen-bond acceptors (Lipinski definition) is 5. The van der Waals surface area contributed by atoms with Crippen LogP contribution >= 0.6 is 0 Å². The van der Waals surface area contributed by atoms with Gasteiger partial charge in [-0.1, -0.05) is 24.3 Å². The van der Waals surface area contributed by atoms with Crippen LogP contribution in [0.1, 0.15) is 5.56 Å². The normalized spacial score (nSPS) is 12.5. The second kappa shape index (κ2) is 8.86. The van der Waals surface area contributed by atoms with Gasteiger partial charge in [0, 0.05) is 11.8 Å². The summed E-state index contributed by atoms with van der Waals surface area (Å²) in [5.41, 5.74) is 0.318. The van der Waals surface area contributed by atoms with Crippen LogP contribution in [0.3, 0.4) is 0 Å². The molecule has 1 aromatic heterocycles. The van der Waals surface area contributed by atoms with Crippen LogP contribution in [-0.4, -0.2) is 28.3 Å². The molecule has 1 N–H and O–H groups in total. The van der Waals surface area contributed by atoms with Gasteiger partial charge in [0.25, 0.3) is 5.56 Å². The van der Waals surface area contributed by atoms with Gasteiger partial charge >= 0.3 is 5.69 Å². The molecule has 9 heteroatoms. The molecule has 34 heavy (non-hydrogen) atoms. The minimum atomic E-state index is -0.634. The summed E-state index contributed by atoms with van der Waals surface area (Å²) >= 11 is 0. The lowest BCUT2D eigenvalue weighted by Gasteiger charge is -2.19. The van der Waals surface area contributed by atoms with E-state index in [1.807, 2.05) is 0 Å². The van der Waals surface area contributed by atoms with Gasteiger partial charge in [0.1, 0.15) is 25.6 Å². The number of fused-ring (bicyclic) bond motifs is 2. The van der Waals surface area contributed by atoms with Gasteiger partial charge in [-0.15, -0.1) is 0 Å². The number of anilines is 1. The number of halogens is 1. The number of hydrogen-bond donors (Lipinski definition) is 1. The number of nitrogens with zero attached hydrogens (tertiary/aromatic N) is 2. The lowest BCUT2D eigenvalue weighted by atomic mass is 10.2. The van der Waals surface area contributed by atoms with E-state index in [9.17, 15) is 18.8 Å². The fraction of sp³-hybridized carbons (Fsp3) is 0.160. The van der Waals surface area contributed by atoms with Crippen LogP contribution in [0.2, 0.25) is 0 Å². The minimum absolute atomic E-state index is 0.0490. The molecule has 0 fully saturated rings. The molecular weight excluding hydrogens is 441 g/mol. The second-order valence-electron chi connectivity index (χ2n) is 7.81. The number of ether oxygens (including phenoxy) is 2. The Morgan fingerprint density at radius 2 is 1.65 bits per heavy atom. The summed E-state index contributed by atoms with van der Waals surface area (Å²) in [6.45, 7) is 0.522. The molecule has 0 atom stereocenters. The van der Waals surface area contributed by atoms with E-state index >= 15 is 0 Å². The molecule has 0 radical (unpaired) electrons. The van der Waals surface area contributed by atoms with Crippen molar-refractivity contribution in [2.24, 2.45) is 0 Å². The molecule has 1 amide bonds. The van der Waals surface area contributed by atoms with E-state index < -0.39 is 23.0 Å². The summed E-state index contributed by atoms with van der Waals surface area (Å²) in [5.74, 6) is 0.262. The van der Waals surface area contributed by atoms with Gasteiger partial charge in [-0.3, -0.25) is 18.7 Å². The third kappa shape index (κ3) is 4.15. The quantitative estimate of drug-likeness (QED) is 0.494. The van der Waals surface area contributed by atoms with Crippen molar-refractivity contribution in [1.82, 2.24) is 9.13 Å². The van der Waals surface area contributed by atoms with Crippen LogP contribution in [-0.2, 0) is 17.9 Å². The zero-order valence-corrected chi connectivity index (χ0v) is 18.0. The van der Waals surface area contributed by atoms with Gasteiger partial charge in [-0.25, -0.2) is 9.18 Å². The van der Waals surface area contributed by atoms with Gasteiger partial charge in [-0.05, 0) is 42.0 Å². The number of benzene rings is 3. The average Bonchev–Trinajstić information content (AvgIpc) is 2.85. The third-order valence-corrected chi connectivity index (χ3v) is 5.51. The number of aromatic nitrogens is 2. The van der Waals surface area contributed by atoms with E-state index in [4.69, 9.17) is 9.47 Å². The molecule has 172 valence electrons. The molecule has 8 nitrogen and oxygen atoms in total. The van der Waals surface area contributed by atoms with Crippen molar-refractivity contribution in [2.75, 3.05) is 18.5 Å². The number of carbonyl (C=O) groups excluding carboxylic acids is 1. The number of amides is 1. The summed E-state index contributed by atoms with van der Waals surface area (Å²) in [5, 5.41) is 3.06. The minimum Gasteiger partial charge on any atom is -0.486 e. The van der Waals surface area contributed by atoms with E-state index in [2.05, 4.69) is 5.32 Å². The van der Waals surface area contributed by atoms with Gasteiger partial charge in [0.15, 0.2) is 11.5 Å². The Morgan fingerprint density at radius 1 is 0.912 bits per heavy atom. The summed E-state index contributed by atoms with van der Waals surface area (Å²) in [6, 6.07) is 17.2. The topological polar surface area (TPSA) is 91.6 Å². The maximum absolute atomic E-state index is 13.3. The smallest absolute Gasteiger partial charge is 0.332 e. The van der Waals surface area contributed by atoms with Crippen LogP contribution in [0.5, 0.6) is 11.5 Å². The fourth-order valence-electron chi connectivity index (χ4n) is 3.90. The first kappa shape index (κ1) is 21.4. The first-order chi connectivity index (χ1) is 16.5. The molecule has 0 aliphatic carbocycles. The van der Waals surface area contributed by atoms with Crippen molar-refractivity contribution in [3.05, 3.63) is 98.9 Å².